The number of likely N-dealkylation sites (N-methyl/N-ethyl adjacent to an activating group) is 1. The molecule has 4 N–H and O–H groups in total. The van der Waals surface area contributed by atoms with Crippen LogP contribution in [0.2, 0.25) is 0 Å². The average Bonchev–Trinajstić information content (AvgIpc) is 3.17. The van der Waals surface area contributed by atoms with Crippen molar-refractivity contribution in [3.63, 3.8) is 0 Å². The Morgan fingerprint density at radius 2 is 2.12 bits per heavy atom. The highest BCUT2D eigenvalue weighted by Crippen LogP contribution is 2.27. The smallest absolute Gasteiger partial charge is 0.320 e. The maximum absolute atomic E-state index is 12.5. The van der Waals surface area contributed by atoms with Gasteiger partial charge in [-0.25, -0.2) is 14.8 Å². The number of benzene rings is 1. The molecule has 10 heteroatoms. The molecule has 4 heterocycles. The first-order valence-corrected chi connectivity index (χ1v) is 11.5. The minimum Gasteiger partial charge on any atom is -0.364 e. The molecule has 0 radical (unpaired) electrons. The molecule has 0 saturated carbocycles. The molecule has 0 spiro atoms. The van der Waals surface area contributed by atoms with Crippen LogP contribution in [0.25, 0.3) is 0 Å². The second kappa shape index (κ2) is 8.86. The Kier molecular flexibility index (Phi) is 5.76. The Balaban J connectivity index is 1.38. The van der Waals surface area contributed by atoms with Crippen LogP contribution in [-0.4, -0.2) is 77.5 Å². The maximum atomic E-state index is 12.5. The third-order valence-corrected chi connectivity index (χ3v) is 6.76. The first kappa shape index (κ1) is 21.4. The van der Waals surface area contributed by atoms with Gasteiger partial charge in [0.1, 0.15) is 5.82 Å². The summed E-state index contributed by atoms with van der Waals surface area (Å²) in [5, 5.41) is 6.64. The molecule has 10 nitrogen and oxygen atoms in total. The zero-order valence-corrected chi connectivity index (χ0v) is 18.9. The summed E-state index contributed by atoms with van der Waals surface area (Å²) in [5.41, 5.74) is 9.10. The summed E-state index contributed by atoms with van der Waals surface area (Å²) in [7, 11) is 1.84. The van der Waals surface area contributed by atoms with E-state index >= 15 is 0 Å². The van der Waals surface area contributed by atoms with Crippen LogP contribution in [0.5, 0.6) is 0 Å². The quantitative estimate of drug-likeness (QED) is 0.628. The number of nitrogens with two attached hydrogens (primary N) is 1. The fourth-order valence-corrected chi connectivity index (χ4v) is 4.92. The molecule has 2 aromatic rings. The second-order valence-electron chi connectivity index (χ2n) is 8.96. The van der Waals surface area contributed by atoms with E-state index in [1.165, 1.54) is 11.1 Å². The van der Waals surface area contributed by atoms with E-state index in [-0.39, 0.29) is 17.8 Å². The number of primary amides is 1. The lowest BCUT2D eigenvalue weighted by molar-refractivity contribution is 0.0996. The number of rotatable bonds is 5. The molecule has 3 amide bonds. The number of urea groups is 1. The largest absolute Gasteiger partial charge is 0.364 e. The molecule has 2 saturated heterocycles. The zero-order valence-electron chi connectivity index (χ0n) is 18.9. The third kappa shape index (κ3) is 4.30. The van der Waals surface area contributed by atoms with E-state index in [9.17, 15) is 9.59 Å². The van der Waals surface area contributed by atoms with Crippen molar-refractivity contribution in [1.29, 1.82) is 0 Å². The van der Waals surface area contributed by atoms with Crippen LogP contribution in [0.3, 0.4) is 0 Å². The highest BCUT2D eigenvalue weighted by molar-refractivity contribution is 5.96. The van der Waals surface area contributed by atoms with Crippen molar-refractivity contribution in [2.24, 2.45) is 5.73 Å². The Labute approximate surface area is 193 Å². The van der Waals surface area contributed by atoms with Crippen molar-refractivity contribution in [3.8, 4) is 0 Å². The fraction of sp³-hybridized carbons (Fsp3) is 0.478. The van der Waals surface area contributed by atoms with Crippen LogP contribution in [0.4, 0.5) is 22.1 Å². The summed E-state index contributed by atoms with van der Waals surface area (Å²) in [6.45, 7) is 4.82. The molecule has 2 fully saturated rings. The standard InChI is InChI=1S/C23H30N8O2/c1-29-9-10-31(23(29)33)18-3-2-8-30(14-18)19-13-26-20(21(24)32)22(28-19)27-17-5-4-15-6-7-25-12-16(15)11-17/h4-5,11,13,18,25H,2-3,6-10,12,14H2,1H3,(H2,24,32)(H,27,28)/t18-/m1/s1. The average molecular weight is 451 g/mol. The molecule has 3 aliphatic rings. The fourth-order valence-electron chi connectivity index (χ4n) is 4.92. The maximum Gasteiger partial charge on any atom is 0.320 e. The van der Waals surface area contributed by atoms with E-state index in [2.05, 4.69) is 32.7 Å². The second-order valence-corrected chi connectivity index (χ2v) is 8.96. The number of aromatic nitrogens is 2. The van der Waals surface area contributed by atoms with E-state index in [0.29, 0.717) is 18.2 Å². The number of anilines is 3. The van der Waals surface area contributed by atoms with Gasteiger partial charge in [-0.2, -0.15) is 0 Å². The summed E-state index contributed by atoms with van der Waals surface area (Å²) < 4.78 is 0. The van der Waals surface area contributed by atoms with Crippen molar-refractivity contribution < 1.29 is 9.59 Å². The lowest BCUT2D eigenvalue weighted by Gasteiger charge is -2.37. The van der Waals surface area contributed by atoms with E-state index in [4.69, 9.17) is 10.7 Å². The van der Waals surface area contributed by atoms with Gasteiger partial charge >= 0.3 is 6.03 Å². The van der Waals surface area contributed by atoms with Gasteiger partial charge in [0.15, 0.2) is 11.5 Å². The van der Waals surface area contributed by atoms with Gasteiger partial charge in [-0.3, -0.25) is 4.79 Å². The summed E-state index contributed by atoms with van der Waals surface area (Å²) in [6, 6.07) is 6.40. The van der Waals surface area contributed by atoms with Crippen molar-refractivity contribution in [2.45, 2.75) is 31.8 Å². The molecule has 1 aromatic carbocycles. The number of nitrogens with one attached hydrogen (secondary N) is 2. The molecule has 1 aromatic heterocycles. The van der Waals surface area contributed by atoms with Crippen LogP contribution >= 0.6 is 0 Å². The zero-order chi connectivity index (χ0) is 22.9. The topological polar surface area (TPSA) is 120 Å². The van der Waals surface area contributed by atoms with Gasteiger partial charge in [-0.05, 0) is 49.1 Å². The monoisotopic (exact) mass is 450 g/mol. The molecular weight excluding hydrogens is 420 g/mol. The summed E-state index contributed by atoms with van der Waals surface area (Å²) in [6.07, 6.45) is 4.53. The van der Waals surface area contributed by atoms with Gasteiger partial charge in [0.05, 0.1) is 12.2 Å². The first-order chi connectivity index (χ1) is 16.0. The van der Waals surface area contributed by atoms with Crippen molar-refractivity contribution >= 4 is 29.3 Å². The normalized spacial score (nSPS) is 20.7. The first-order valence-electron chi connectivity index (χ1n) is 11.5. The summed E-state index contributed by atoms with van der Waals surface area (Å²) >= 11 is 0. The molecule has 1 atom stereocenters. The summed E-state index contributed by atoms with van der Waals surface area (Å²) in [5.74, 6) is 0.396. The molecule has 0 aliphatic carbocycles. The Morgan fingerprint density at radius 1 is 1.24 bits per heavy atom. The predicted molar refractivity (Wildman–Crippen MR) is 126 cm³/mol. The van der Waals surface area contributed by atoms with Crippen molar-refractivity contribution in [1.82, 2.24) is 25.1 Å². The third-order valence-electron chi connectivity index (χ3n) is 6.76. The Hall–Kier alpha value is -3.40. The highest BCUT2D eigenvalue weighted by Gasteiger charge is 2.34. The lowest BCUT2D eigenvalue weighted by atomic mass is 10.0. The number of hydrogen-bond acceptors (Lipinski definition) is 7. The number of carbonyl (C=O) groups excluding carboxylic acids is 2. The number of hydrogen-bond donors (Lipinski definition) is 3. The minimum atomic E-state index is -0.626. The lowest BCUT2D eigenvalue weighted by Crippen LogP contribution is -2.49. The predicted octanol–water partition coefficient (Wildman–Crippen LogP) is 1.30. The van der Waals surface area contributed by atoms with E-state index in [1.54, 1.807) is 11.1 Å². The molecular formula is C23H30N8O2. The number of piperidine rings is 1. The molecule has 0 bridgehead atoms. The van der Waals surface area contributed by atoms with Crippen LogP contribution < -0.4 is 21.3 Å². The van der Waals surface area contributed by atoms with E-state index < -0.39 is 5.91 Å². The summed E-state index contributed by atoms with van der Waals surface area (Å²) in [4.78, 5) is 39.4. The molecule has 174 valence electrons. The van der Waals surface area contributed by atoms with Gasteiger partial charge in [0.25, 0.3) is 5.91 Å². The highest BCUT2D eigenvalue weighted by atomic mass is 16.2. The van der Waals surface area contributed by atoms with Gasteiger partial charge in [-0.1, -0.05) is 6.07 Å². The van der Waals surface area contributed by atoms with Crippen LogP contribution in [0.15, 0.2) is 24.4 Å². The van der Waals surface area contributed by atoms with Crippen molar-refractivity contribution in [2.75, 3.05) is 50.0 Å². The van der Waals surface area contributed by atoms with Crippen LogP contribution in [-0.2, 0) is 13.0 Å². The number of carbonyl (C=O) groups is 2. The van der Waals surface area contributed by atoms with Gasteiger partial charge in [-0.15, -0.1) is 0 Å². The van der Waals surface area contributed by atoms with E-state index in [0.717, 1.165) is 57.7 Å². The number of nitrogens with zero attached hydrogens (tertiary/aromatic N) is 5. The Morgan fingerprint density at radius 3 is 2.91 bits per heavy atom. The number of fused-ring (bicyclic) bond motifs is 1. The molecule has 5 rings (SSSR count). The van der Waals surface area contributed by atoms with E-state index in [1.807, 2.05) is 18.0 Å². The van der Waals surface area contributed by atoms with Gasteiger partial charge in [0, 0.05) is 45.5 Å². The van der Waals surface area contributed by atoms with Crippen LogP contribution in [0, 0.1) is 0 Å². The van der Waals surface area contributed by atoms with Crippen molar-refractivity contribution in [3.05, 3.63) is 41.2 Å². The SMILES string of the molecule is CN1CCN([C@@H]2CCCN(c3cnc(C(N)=O)c(Nc4ccc5c(c4)CNCC5)n3)C2)C1=O. The minimum absolute atomic E-state index is 0.0845. The Bertz CT molecular complexity index is 1070. The molecule has 33 heavy (non-hydrogen) atoms. The van der Waals surface area contributed by atoms with Gasteiger partial charge in [0.2, 0.25) is 0 Å². The van der Waals surface area contributed by atoms with Gasteiger partial charge < -0.3 is 31.1 Å². The molecule has 3 aliphatic heterocycles. The number of amides is 3. The van der Waals surface area contributed by atoms with Crippen LogP contribution in [0.1, 0.15) is 34.5 Å². The molecule has 0 unspecified atom stereocenters.